The minimum absolute atomic E-state index is 0.122. The van der Waals surface area contributed by atoms with Gasteiger partial charge in [-0.15, -0.1) is 0 Å². The predicted molar refractivity (Wildman–Crippen MR) is 74.3 cm³/mol. The molecule has 1 rings (SSSR count). The molecule has 0 atom stereocenters. The van der Waals surface area contributed by atoms with Crippen LogP contribution in [0.15, 0.2) is 34.5 Å². The topological polar surface area (TPSA) is 92.5 Å². The number of hydrogen-bond acceptors (Lipinski definition) is 6. The standard InChI is InChI=1S/C13H17N3O4/c1-9(10(2)16-18)14-15-13(17)20-8-11-4-6-12(19-3)7-5-11/h4-7,18H,8H2,1-3H3,(H,15,17)/b14-9+,16-10+. The van der Waals surface area contributed by atoms with Crippen LogP contribution in [0.2, 0.25) is 0 Å². The van der Waals surface area contributed by atoms with Gasteiger partial charge in [0.15, 0.2) is 0 Å². The van der Waals surface area contributed by atoms with Crippen molar-refractivity contribution < 1.29 is 19.5 Å². The minimum Gasteiger partial charge on any atom is -0.497 e. The number of carbonyl (C=O) groups excluding carboxylic acids is 1. The lowest BCUT2D eigenvalue weighted by Crippen LogP contribution is -2.21. The van der Waals surface area contributed by atoms with Gasteiger partial charge in [-0.2, -0.15) is 5.10 Å². The summed E-state index contributed by atoms with van der Waals surface area (Å²) < 4.78 is 9.99. The molecule has 1 aromatic carbocycles. The number of benzene rings is 1. The molecule has 0 aliphatic heterocycles. The van der Waals surface area contributed by atoms with Crippen LogP contribution in [0.3, 0.4) is 0 Å². The third kappa shape index (κ3) is 4.97. The summed E-state index contributed by atoms with van der Waals surface area (Å²) in [4.78, 5) is 11.4. The molecule has 0 saturated carbocycles. The molecule has 0 aliphatic carbocycles. The van der Waals surface area contributed by atoms with Gasteiger partial charge in [0.05, 0.1) is 18.5 Å². The van der Waals surface area contributed by atoms with Crippen molar-refractivity contribution in [3.8, 4) is 5.75 Å². The molecule has 0 heterocycles. The second-order valence-electron chi connectivity index (χ2n) is 3.92. The molecule has 1 amide bonds. The van der Waals surface area contributed by atoms with Crippen LogP contribution in [0.25, 0.3) is 0 Å². The molecule has 1 aromatic rings. The Bertz CT molecular complexity index is 509. The maximum atomic E-state index is 11.4. The van der Waals surface area contributed by atoms with Crippen molar-refractivity contribution in [1.82, 2.24) is 5.43 Å². The molecule has 7 nitrogen and oxygen atoms in total. The Balaban J connectivity index is 2.43. The fourth-order valence-electron chi connectivity index (χ4n) is 1.19. The molecule has 0 bridgehead atoms. The number of ether oxygens (including phenoxy) is 2. The normalized spacial score (nSPS) is 11.9. The largest absolute Gasteiger partial charge is 0.497 e. The van der Waals surface area contributed by atoms with E-state index in [0.717, 1.165) is 11.3 Å². The molecule has 2 N–H and O–H groups in total. The van der Waals surface area contributed by atoms with Gasteiger partial charge in [0, 0.05) is 0 Å². The maximum absolute atomic E-state index is 11.4. The van der Waals surface area contributed by atoms with Crippen LogP contribution < -0.4 is 10.2 Å². The van der Waals surface area contributed by atoms with Crippen LogP contribution in [0.4, 0.5) is 4.79 Å². The number of hydrogen-bond donors (Lipinski definition) is 2. The first-order valence-electron chi connectivity index (χ1n) is 5.86. The highest BCUT2D eigenvalue weighted by atomic mass is 16.6. The highest BCUT2D eigenvalue weighted by Gasteiger charge is 2.03. The van der Waals surface area contributed by atoms with Crippen LogP contribution in [-0.4, -0.2) is 29.8 Å². The monoisotopic (exact) mass is 279 g/mol. The van der Waals surface area contributed by atoms with E-state index in [4.69, 9.17) is 14.7 Å². The minimum atomic E-state index is -0.689. The molecule has 0 fully saturated rings. The Hall–Kier alpha value is -2.57. The first-order chi connectivity index (χ1) is 9.56. The SMILES string of the molecule is COc1ccc(COC(=O)N/N=C(C)/C(C)=N/O)cc1. The lowest BCUT2D eigenvalue weighted by atomic mass is 10.2. The summed E-state index contributed by atoms with van der Waals surface area (Å²) in [6, 6.07) is 7.15. The van der Waals surface area contributed by atoms with Gasteiger partial charge in [-0.25, -0.2) is 10.2 Å². The average Bonchev–Trinajstić information content (AvgIpc) is 2.50. The molecule has 7 heteroatoms. The summed E-state index contributed by atoms with van der Waals surface area (Å²) in [5.41, 5.74) is 3.72. The van der Waals surface area contributed by atoms with E-state index < -0.39 is 6.09 Å². The summed E-state index contributed by atoms with van der Waals surface area (Å²) >= 11 is 0. The van der Waals surface area contributed by atoms with Gasteiger partial charge in [0.25, 0.3) is 0 Å². The van der Waals surface area contributed by atoms with Crippen molar-refractivity contribution in [1.29, 1.82) is 0 Å². The van der Waals surface area contributed by atoms with Crippen molar-refractivity contribution in [2.45, 2.75) is 20.5 Å². The molecular formula is C13H17N3O4. The van der Waals surface area contributed by atoms with Crippen LogP contribution in [-0.2, 0) is 11.3 Å². The number of carbonyl (C=O) groups is 1. The van der Waals surface area contributed by atoms with Gasteiger partial charge in [-0.1, -0.05) is 17.3 Å². The first kappa shape index (κ1) is 15.5. The van der Waals surface area contributed by atoms with E-state index in [1.165, 1.54) is 0 Å². The lowest BCUT2D eigenvalue weighted by molar-refractivity contribution is 0.140. The number of methoxy groups -OCH3 is 1. The van der Waals surface area contributed by atoms with Crippen LogP contribution >= 0.6 is 0 Å². The van der Waals surface area contributed by atoms with Crippen molar-refractivity contribution in [3.63, 3.8) is 0 Å². The van der Waals surface area contributed by atoms with E-state index in [9.17, 15) is 4.79 Å². The smallest absolute Gasteiger partial charge is 0.428 e. The fourth-order valence-corrected chi connectivity index (χ4v) is 1.19. The Morgan fingerprint density at radius 3 is 2.45 bits per heavy atom. The Morgan fingerprint density at radius 2 is 1.90 bits per heavy atom. The van der Waals surface area contributed by atoms with Gasteiger partial charge in [0.1, 0.15) is 12.4 Å². The third-order valence-electron chi connectivity index (χ3n) is 2.52. The van der Waals surface area contributed by atoms with Crippen molar-refractivity contribution in [3.05, 3.63) is 29.8 Å². The quantitative estimate of drug-likeness (QED) is 0.490. The van der Waals surface area contributed by atoms with E-state index in [2.05, 4.69) is 15.7 Å². The van der Waals surface area contributed by atoms with E-state index in [1.807, 2.05) is 0 Å². The van der Waals surface area contributed by atoms with E-state index in [0.29, 0.717) is 11.4 Å². The van der Waals surface area contributed by atoms with Crippen LogP contribution in [0.5, 0.6) is 5.75 Å². The Morgan fingerprint density at radius 1 is 1.25 bits per heavy atom. The zero-order valence-electron chi connectivity index (χ0n) is 11.6. The van der Waals surface area contributed by atoms with E-state index in [1.54, 1.807) is 45.2 Å². The molecule has 0 radical (unpaired) electrons. The predicted octanol–water partition coefficient (Wildman–Crippen LogP) is 2.15. The molecule has 0 aromatic heterocycles. The zero-order chi connectivity index (χ0) is 15.0. The lowest BCUT2D eigenvalue weighted by Gasteiger charge is -2.05. The molecule has 0 aliphatic rings. The van der Waals surface area contributed by atoms with Gasteiger partial charge >= 0.3 is 6.09 Å². The molecule has 0 saturated heterocycles. The summed E-state index contributed by atoms with van der Waals surface area (Å²) in [7, 11) is 1.58. The number of hydrazone groups is 1. The zero-order valence-corrected chi connectivity index (χ0v) is 11.6. The molecule has 0 spiro atoms. The second kappa shape index (κ2) is 7.78. The van der Waals surface area contributed by atoms with Crippen LogP contribution in [0.1, 0.15) is 19.4 Å². The number of amides is 1. The number of rotatable bonds is 5. The number of nitrogens with zero attached hydrogens (tertiary/aromatic N) is 2. The van der Waals surface area contributed by atoms with E-state index >= 15 is 0 Å². The second-order valence-corrected chi connectivity index (χ2v) is 3.92. The Labute approximate surface area is 116 Å². The number of nitrogens with one attached hydrogen (secondary N) is 1. The van der Waals surface area contributed by atoms with Crippen molar-refractivity contribution in [2.24, 2.45) is 10.3 Å². The van der Waals surface area contributed by atoms with Gasteiger partial charge < -0.3 is 14.7 Å². The molecule has 20 heavy (non-hydrogen) atoms. The molecular weight excluding hydrogens is 262 g/mol. The molecule has 108 valence electrons. The van der Waals surface area contributed by atoms with Crippen LogP contribution in [0, 0.1) is 0 Å². The summed E-state index contributed by atoms with van der Waals surface area (Å²) in [5, 5.41) is 15.2. The fraction of sp³-hybridized carbons (Fsp3) is 0.308. The number of oxime groups is 1. The van der Waals surface area contributed by atoms with Gasteiger partial charge in [-0.05, 0) is 31.5 Å². The highest BCUT2D eigenvalue weighted by Crippen LogP contribution is 2.11. The summed E-state index contributed by atoms with van der Waals surface area (Å²) in [6.07, 6.45) is -0.689. The van der Waals surface area contributed by atoms with E-state index in [-0.39, 0.29) is 6.61 Å². The average molecular weight is 279 g/mol. The summed E-state index contributed by atoms with van der Waals surface area (Å²) in [5.74, 6) is 0.734. The summed E-state index contributed by atoms with van der Waals surface area (Å²) in [6.45, 7) is 3.28. The highest BCUT2D eigenvalue weighted by molar-refractivity contribution is 6.40. The van der Waals surface area contributed by atoms with Crippen molar-refractivity contribution >= 4 is 17.5 Å². The molecule has 0 unspecified atom stereocenters. The third-order valence-corrected chi connectivity index (χ3v) is 2.52. The van der Waals surface area contributed by atoms with Gasteiger partial charge in [-0.3, -0.25) is 0 Å². The Kier molecular flexibility index (Phi) is 6.02. The first-order valence-corrected chi connectivity index (χ1v) is 5.86. The maximum Gasteiger partial charge on any atom is 0.428 e. The van der Waals surface area contributed by atoms with Gasteiger partial charge in [0.2, 0.25) is 0 Å². The van der Waals surface area contributed by atoms with Crippen molar-refractivity contribution in [2.75, 3.05) is 7.11 Å².